The van der Waals surface area contributed by atoms with Crippen molar-refractivity contribution in [2.24, 2.45) is 29.6 Å². The maximum absolute atomic E-state index is 11.6. The predicted octanol–water partition coefficient (Wildman–Crippen LogP) is 4.54. The van der Waals surface area contributed by atoms with Gasteiger partial charge in [0.2, 0.25) is 13.8 Å². The van der Waals surface area contributed by atoms with E-state index in [4.69, 9.17) is 14.5 Å². The Balaban J connectivity index is 1.33. The van der Waals surface area contributed by atoms with Gasteiger partial charge < -0.3 is 4.74 Å². The molecule has 1 unspecified atom stereocenters. The Labute approximate surface area is 144 Å². The number of hydrogen-bond acceptors (Lipinski definition) is 4. The highest BCUT2D eigenvalue weighted by Gasteiger charge is 2.49. The molecule has 24 heavy (non-hydrogen) atoms. The first-order chi connectivity index (χ1) is 11.8. The van der Waals surface area contributed by atoms with Gasteiger partial charge in [-0.2, -0.15) is 0 Å². The van der Waals surface area contributed by atoms with Crippen LogP contribution in [0.4, 0.5) is 0 Å². The van der Waals surface area contributed by atoms with Crippen molar-refractivity contribution < 1.29 is 19.1 Å². The minimum Gasteiger partial charge on any atom is -0.493 e. The highest BCUT2D eigenvalue weighted by molar-refractivity contribution is 7.25. The van der Waals surface area contributed by atoms with Gasteiger partial charge >= 0.3 is 0 Å². The first kappa shape index (κ1) is 15.3. The lowest BCUT2D eigenvalue weighted by Gasteiger charge is -2.54. The van der Waals surface area contributed by atoms with Crippen LogP contribution in [0.5, 0.6) is 5.75 Å². The summed E-state index contributed by atoms with van der Waals surface area (Å²) >= 11 is 0. The Morgan fingerprint density at radius 3 is 2.33 bits per heavy atom. The summed E-state index contributed by atoms with van der Waals surface area (Å²) in [5, 5.41) is -0.888. The van der Waals surface area contributed by atoms with E-state index in [1.807, 2.05) is 24.3 Å². The summed E-state index contributed by atoms with van der Waals surface area (Å²) in [5.41, 5.74) is 0.830. The summed E-state index contributed by atoms with van der Waals surface area (Å²) in [6.07, 6.45) is 7.10. The molecule has 0 aromatic heterocycles. The van der Waals surface area contributed by atoms with Gasteiger partial charge in [0, 0.05) is 5.56 Å². The SMILES string of the molecule is O=PC1(c2ccccc2OCC2C3CC4CC(C3)CC2C4)COO1. The van der Waals surface area contributed by atoms with E-state index < -0.39 is 5.34 Å². The van der Waals surface area contributed by atoms with Gasteiger partial charge in [-0.1, -0.05) is 18.2 Å². The van der Waals surface area contributed by atoms with Crippen LogP contribution in [0.2, 0.25) is 0 Å². The van der Waals surface area contributed by atoms with Gasteiger partial charge in [0.05, 0.1) is 6.61 Å². The molecule has 4 nitrogen and oxygen atoms in total. The van der Waals surface area contributed by atoms with Crippen molar-refractivity contribution in [1.29, 1.82) is 0 Å². The zero-order chi connectivity index (χ0) is 16.1. The maximum atomic E-state index is 11.6. The fraction of sp³-hybridized carbons (Fsp3) is 0.684. The zero-order valence-electron chi connectivity index (χ0n) is 13.7. The molecule has 0 spiro atoms. The van der Waals surface area contributed by atoms with E-state index in [-0.39, 0.29) is 8.46 Å². The average Bonchev–Trinajstić information content (AvgIpc) is 2.54. The van der Waals surface area contributed by atoms with Gasteiger partial charge in [0.25, 0.3) is 0 Å². The molecular weight excluding hydrogens is 323 g/mol. The van der Waals surface area contributed by atoms with Crippen LogP contribution in [0.15, 0.2) is 24.3 Å². The Morgan fingerprint density at radius 2 is 1.75 bits per heavy atom. The monoisotopic (exact) mass is 346 g/mol. The predicted molar refractivity (Wildman–Crippen MR) is 88.8 cm³/mol. The topological polar surface area (TPSA) is 44.8 Å². The average molecular weight is 346 g/mol. The van der Waals surface area contributed by atoms with Crippen molar-refractivity contribution in [1.82, 2.24) is 0 Å². The summed E-state index contributed by atoms with van der Waals surface area (Å²) in [7, 11) is -0.0834. The molecule has 1 atom stereocenters. The zero-order valence-corrected chi connectivity index (χ0v) is 14.6. The second-order valence-corrected chi connectivity index (χ2v) is 9.03. The standard InChI is InChI=1S/C19H23O4P/c20-24-19(11-22-23-19)17-3-1-2-4-18(17)21-10-16-14-6-12-5-13(8-14)9-15(16)7-12/h1-4,12-16H,5-11H2. The molecule has 0 N–H and O–H groups in total. The smallest absolute Gasteiger partial charge is 0.237 e. The lowest BCUT2D eigenvalue weighted by atomic mass is 9.52. The first-order valence-corrected chi connectivity index (χ1v) is 9.96. The second-order valence-electron chi connectivity index (χ2n) is 8.12. The first-order valence-electron chi connectivity index (χ1n) is 9.15. The van der Waals surface area contributed by atoms with Crippen LogP contribution >= 0.6 is 8.46 Å². The molecule has 6 rings (SSSR count). The van der Waals surface area contributed by atoms with Crippen molar-refractivity contribution in [3.63, 3.8) is 0 Å². The molecular formula is C19H23O4P. The van der Waals surface area contributed by atoms with Crippen LogP contribution in [0, 0.1) is 29.6 Å². The van der Waals surface area contributed by atoms with E-state index in [1.165, 1.54) is 32.1 Å². The molecule has 4 aliphatic carbocycles. The number of hydrogen-bond donors (Lipinski definition) is 0. The Morgan fingerprint density at radius 1 is 1.08 bits per heavy atom. The normalized spacial score (nSPS) is 42.9. The highest BCUT2D eigenvalue weighted by atomic mass is 31.1. The molecule has 0 amide bonds. The lowest BCUT2D eigenvalue weighted by molar-refractivity contribution is -0.447. The summed E-state index contributed by atoms with van der Waals surface area (Å²) in [5.74, 6) is 5.15. The largest absolute Gasteiger partial charge is 0.493 e. The fourth-order valence-corrected chi connectivity index (χ4v) is 6.27. The molecule has 4 saturated carbocycles. The van der Waals surface area contributed by atoms with E-state index in [0.717, 1.165) is 41.6 Å². The molecule has 5 aliphatic rings. The van der Waals surface area contributed by atoms with Crippen LogP contribution in [-0.4, -0.2) is 13.2 Å². The van der Waals surface area contributed by atoms with Gasteiger partial charge in [-0.05, 0) is 67.8 Å². The van der Waals surface area contributed by atoms with Crippen LogP contribution in [-0.2, 0) is 19.7 Å². The van der Waals surface area contributed by atoms with Crippen molar-refractivity contribution in [3.05, 3.63) is 29.8 Å². The number of rotatable bonds is 5. The van der Waals surface area contributed by atoms with E-state index in [2.05, 4.69) is 0 Å². The molecule has 5 heteroatoms. The van der Waals surface area contributed by atoms with Crippen LogP contribution in [0.3, 0.4) is 0 Å². The Kier molecular flexibility index (Phi) is 3.69. The lowest BCUT2D eigenvalue weighted by Crippen LogP contribution is -2.47. The summed E-state index contributed by atoms with van der Waals surface area (Å²) < 4.78 is 17.9. The van der Waals surface area contributed by atoms with Crippen molar-refractivity contribution in [2.75, 3.05) is 13.2 Å². The molecule has 0 radical (unpaired) electrons. The van der Waals surface area contributed by atoms with Crippen LogP contribution < -0.4 is 4.74 Å². The number of benzene rings is 1. The van der Waals surface area contributed by atoms with Crippen LogP contribution in [0.25, 0.3) is 0 Å². The van der Waals surface area contributed by atoms with E-state index in [9.17, 15) is 4.57 Å². The van der Waals surface area contributed by atoms with E-state index in [1.54, 1.807) is 0 Å². The molecule has 1 aromatic rings. The molecule has 4 bridgehead atoms. The van der Waals surface area contributed by atoms with E-state index in [0.29, 0.717) is 12.5 Å². The highest BCUT2D eigenvalue weighted by Crippen LogP contribution is 2.56. The maximum Gasteiger partial charge on any atom is 0.237 e. The van der Waals surface area contributed by atoms with Gasteiger partial charge in [0.15, 0.2) is 0 Å². The third-order valence-electron chi connectivity index (χ3n) is 6.76. The summed E-state index contributed by atoms with van der Waals surface area (Å²) in [6, 6.07) is 7.78. The number of ether oxygens (including phenoxy) is 1. The second kappa shape index (κ2) is 5.79. The number of para-hydroxylation sites is 1. The Bertz CT molecular complexity index is 614. The quantitative estimate of drug-likeness (QED) is 0.580. The fourth-order valence-electron chi connectivity index (χ4n) is 5.80. The van der Waals surface area contributed by atoms with Crippen LogP contribution in [0.1, 0.15) is 37.7 Å². The van der Waals surface area contributed by atoms with Crippen molar-refractivity contribution >= 4 is 8.46 Å². The minimum atomic E-state index is -0.888. The van der Waals surface area contributed by atoms with Gasteiger partial charge in [-0.15, -0.1) is 0 Å². The molecule has 1 saturated heterocycles. The van der Waals surface area contributed by atoms with Crippen molar-refractivity contribution in [3.8, 4) is 5.75 Å². The molecule has 1 aromatic carbocycles. The van der Waals surface area contributed by atoms with Gasteiger partial charge in [0.1, 0.15) is 12.4 Å². The van der Waals surface area contributed by atoms with E-state index >= 15 is 0 Å². The third kappa shape index (κ3) is 2.34. The summed E-state index contributed by atoms with van der Waals surface area (Å²) in [6.45, 7) is 1.08. The van der Waals surface area contributed by atoms with Gasteiger partial charge in [-0.3, -0.25) is 4.57 Å². The molecule has 1 heterocycles. The minimum absolute atomic E-state index is 0.0834. The molecule has 128 valence electrons. The molecule has 5 fully saturated rings. The molecule has 1 aliphatic heterocycles. The van der Waals surface area contributed by atoms with Crippen molar-refractivity contribution in [2.45, 2.75) is 37.4 Å². The summed E-state index contributed by atoms with van der Waals surface area (Å²) in [4.78, 5) is 10.0. The Hall–Kier alpha value is -0.960. The third-order valence-corrected chi connectivity index (χ3v) is 7.50. The van der Waals surface area contributed by atoms with Gasteiger partial charge in [-0.25, -0.2) is 9.78 Å².